The van der Waals surface area contributed by atoms with Gasteiger partial charge in [0.15, 0.2) is 13.8 Å². The van der Waals surface area contributed by atoms with Gasteiger partial charge in [-0.25, -0.2) is 14.2 Å². The summed E-state index contributed by atoms with van der Waals surface area (Å²) in [5.74, 6) is -2.28. The third-order valence-corrected chi connectivity index (χ3v) is 13.2. The zero-order valence-electron chi connectivity index (χ0n) is 30.6. The molecular formula is C34H54F3N5O8Si. The number of benzene rings is 1. The van der Waals surface area contributed by atoms with Crippen molar-refractivity contribution in [2.45, 2.75) is 141 Å². The molecule has 0 spiro atoms. The fourth-order valence-corrected chi connectivity index (χ4v) is 8.37. The number of nitrogens with zero attached hydrogens (tertiary/aromatic N) is 3. The smallest absolute Gasteiger partial charge is 0.459 e. The monoisotopic (exact) mass is 745 g/mol. The highest BCUT2D eigenvalue weighted by Crippen LogP contribution is 2.29. The first-order chi connectivity index (χ1) is 24.1. The average molecular weight is 746 g/mol. The quantitative estimate of drug-likeness (QED) is 0.0278. The van der Waals surface area contributed by atoms with Crippen LogP contribution in [0.4, 0.5) is 29.3 Å². The van der Waals surface area contributed by atoms with Crippen LogP contribution in [-0.2, 0) is 18.7 Å². The largest absolute Gasteiger partial charge is 0.490 e. The number of halogens is 3. The van der Waals surface area contributed by atoms with E-state index >= 15 is 0 Å². The molecule has 0 saturated heterocycles. The van der Waals surface area contributed by atoms with Gasteiger partial charge in [-0.05, 0) is 74.5 Å². The zero-order chi connectivity index (χ0) is 38.1. The van der Waals surface area contributed by atoms with Gasteiger partial charge in [0.2, 0.25) is 5.52 Å². The summed E-state index contributed by atoms with van der Waals surface area (Å²) in [7, 11) is -2.24. The van der Waals surface area contributed by atoms with E-state index in [9.17, 15) is 32.9 Å². The lowest BCUT2D eigenvalue weighted by Gasteiger charge is -2.36. The number of carbonyl (C=O) groups excluding carboxylic acids is 2. The maximum atomic E-state index is 12.8. The Morgan fingerprint density at radius 2 is 1.59 bits per heavy atom. The van der Waals surface area contributed by atoms with Gasteiger partial charge >= 0.3 is 23.9 Å². The highest BCUT2D eigenvalue weighted by molar-refractivity contribution is 6.73. The minimum atomic E-state index is -5.11. The van der Waals surface area contributed by atoms with Crippen LogP contribution in [0.15, 0.2) is 28.9 Å². The number of hydrogen-bond donors (Lipinski definition) is 2. The highest BCUT2D eigenvalue weighted by atomic mass is 28.4. The number of fused-ring (bicyclic) bond motifs is 1. The number of carbonyl (C=O) groups is 2. The van der Waals surface area contributed by atoms with Crippen molar-refractivity contribution in [3.63, 3.8) is 0 Å². The van der Waals surface area contributed by atoms with Crippen LogP contribution >= 0.6 is 0 Å². The molecule has 0 radical (unpaired) electrons. The van der Waals surface area contributed by atoms with Crippen LogP contribution in [0.1, 0.15) is 99.3 Å². The van der Waals surface area contributed by atoms with E-state index in [-0.39, 0.29) is 17.6 Å². The molecule has 0 unspecified atom stereocenters. The van der Waals surface area contributed by atoms with Crippen molar-refractivity contribution < 1.29 is 46.2 Å². The van der Waals surface area contributed by atoms with Crippen molar-refractivity contribution in [1.29, 1.82) is 0 Å². The van der Waals surface area contributed by atoms with Crippen molar-refractivity contribution in [2.75, 3.05) is 18.5 Å². The van der Waals surface area contributed by atoms with Crippen LogP contribution in [0, 0.1) is 10.1 Å². The topological polar surface area (TPSA) is 168 Å². The summed E-state index contributed by atoms with van der Waals surface area (Å²) in [6.45, 7) is 11.4. The molecule has 2 atom stereocenters. The number of allylic oxidation sites excluding steroid dienone is 1. The summed E-state index contributed by atoms with van der Waals surface area (Å²) in [5.41, 5.74) is 0.139. The molecular weight excluding hydrogens is 691 g/mol. The SMILES string of the molecule is CC[Si](CC)(CC)O[C@H](/C=C/CCCCCCCCCNc1ccc([N+](=O)[O-])c2nonc12)[C@@H](CCOC(=O)C(F)(F)F)NC(=O)OC(C)(C)C. The molecule has 1 aromatic carbocycles. The molecule has 0 aliphatic heterocycles. The highest BCUT2D eigenvalue weighted by Gasteiger charge is 2.41. The molecule has 51 heavy (non-hydrogen) atoms. The summed E-state index contributed by atoms with van der Waals surface area (Å²) in [6, 6.07) is 4.67. The summed E-state index contributed by atoms with van der Waals surface area (Å²) in [4.78, 5) is 34.8. The fourth-order valence-electron chi connectivity index (χ4n) is 5.55. The van der Waals surface area contributed by atoms with Crippen LogP contribution in [0.2, 0.25) is 18.1 Å². The molecule has 0 fully saturated rings. The summed E-state index contributed by atoms with van der Waals surface area (Å²) in [5, 5.41) is 24.6. The molecule has 0 aliphatic carbocycles. The van der Waals surface area contributed by atoms with Crippen molar-refractivity contribution in [3.8, 4) is 0 Å². The Morgan fingerprint density at radius 1 is 0.980 bits per heavy atom. The molecule has 288 valence electrons. The Hall–Kier alpha value is -3.73. The number of alkyl carbamates (subject to hydrolysis) is 1. The van der Waals surface area contributed by atoms with E-state index in [0.717, 1.165) is 69.5 Å². The molecule has 0 aliphatic rings. The van der Waals surface area contributed by atoms with Crippen molar-refractivity contribution >= 4 is 42.8 Å². The molecule has 2 N–H and O–H groups in total. The Labute approximate surface area is 298 Å². The molecule has 13 nitrogen and oxygen atoms in total. The standard InChI is InChI=1S/C34H54F3N5O8Si/c1-7-51(8-2,9-3)49-28(25(39-32(44)48-33(4,5)6)22-24-47-31(43)34(35,36)37)19-17-15-13-11-10-12-14-16-18-23-38-26-20-21-27(42(45)46)30-29(26)40-50-41-30/h17,19-21,25,28,38H,7-16,18,22-24H2,1-6H3,(H,39,44)/b19-17+/t25-,28-/m1/s1. The van der Waals surface area contributed by atoms with E-state index in [0.29, 0.717) is 17.7 Å². The van der Waals surface area contributed by atoms with Crippen molar-refractivity contribution in [1.82, 2.24) is 15.6 Å². The van der Waals surface area contributed by atoms with Crippen LogP contribution in [0.3, 0.4) is 0 Å². The number of nitro groups is 1. The molecule has 0 saturated carbocycles. The minimum Gasteiger partial charge on any atom is -0.459 e. The van der Waals surface area contributed by atoms with Gasteiger partial charge in [0.05, 0.1) is 29.4 Å². The second kappa shape index (κ2) is 21.0. The normalized spacial score (nSPS) is 13.7. The Morgan fingerprint density at radius 3 is 2.18 bits per heavy atom. The first-order valence-electron chi connectivity index (χ1n) is 17.8. The van der Waals surface area contributed by atoms with E-state index in [1.807, 2.05) is 12.2 Å². The molecule has 1 aromatic heterocycles. The third-order valence-electron chi connectivity index (χ3n) is 8.59. The van der Waals surface area contributed by atoms with Gasteiger partial charge in [-0.1, -0.05) is 65.0 Å². The second-order valence-corrected chi connectivity index (χ2v) is 18.2. The van der Waals surface area contributed by atoms with Gasteiger partial charge in [0, 0.05) is 19.0 Å². The number of nitro benzene ring substituents is 1. The number of hydrogen-bond acceptors (Lipinski definition) is 11. The second-order valence-electron chi connectivity index (χ2n) is 13.5. The minimum absolute atomic E-state index is 0.0944. The van der Waals surface area contributed by atoms with Gasteiger partial charge in [-0.2, -0.15) is 13.2 Å². The predicted molar refractivity (Wildman–Crippen MR) is 190 cm³/mol. The van der Waals surface area contributed by atoms with E-state index < -0.39 is 55.8 Å². The Kier molecular flexibility index (Phi) is 17.8. The van der Waals surface area contributed by atoms with Crippen LogP contribution in [-0.4, -0.2) is 72.7 Å². The van der Waals surface area contributed by atoms with Gasteiger partial charge in [0.1, 0.15) is 5.60 Å². The number of amides is 1. The fraction of sp³-hybridized carbons (Fsp3) is 0.706. The molecule has 0 bridgehead atoms. The summed E-state index contributed by atoms with van der Waals surface area (Å²) < 4.78 is 59.7. The van der Waals surface area contributed by atoms with E-state index in [2.05, 4.69) is 46.5 Å². The van der Waals surface area contributed by atoms with E-state index in [1.54, 1.807) is 26.8 Å². The summed E-state index contributed by atoms with van der Waals surface area (Å²) >= 11 is 0. The molecule has 17 heteroatoms. The maximum absolute atomic E-state index is 12.8. The van der Waals surface area contributed by atoms with Gasteiger partial charge < -0.3 is 24.5 Å². The first-order valence-corrected chi connectivity index (χ1v) is 20.3. The molecule has 1 heterocycles. The van der Waals surface area contributed by atoms with Crippen molar-refractivity contribution in [2.24, 2.45) is 0 Å². The third kappa shape index (κ3) is 15.2. The Balaban J connectivity index is 1.89. The number of rotatable bonds is 23. The predicted octanol–water partition coefficient (Wildman–Crippen LogP) is 9.00. The van der Waals surface area contributed by atoms with Crippen LogP contribution < -0.4 is 10.6 Å². The number of alkyl halides is 3. The van der Waals surface area contributed by atoms with Crippen LogP contribution in [0.5, 0.6) is 0 Å². The number of ether oxygens (including phenoxy) is 2. The lowest BCUT2D eigenvalue weighted by atomic mass is 10.1. The molecule has 2 rings (SSSR count). The average Bonchev–Trinajstić information content (AvgIpc) is 3.55. The lowest BCUT2D eigenvalue weighted by molar-refractivity contribution is -0.383. The summed E-state index contributed by atoms with van der Waals surface area (Å²) in [6.07, 6.45) is 5.08. The van der Waals surface area contributed by atoms with Crippen LogP contribution in [0.25, 0.3) is 11.0 Å². The van der Waals surface area contributed by atoms with Gasteiger partial charge in [-0.3, -0.25) is 10.1 Å². The number of anilines is 1. The number of aromatic nitrogens is 2. The van der Waals surface area contributed by atoms with Gasteiger partial charge in [-0.15, -0.1) is 0 Å². The molecule has 2 aromatic rings. The van der Waals surface area contributed by atoms with Gasteiger partial charge in [0.25, 0.3) is 0 Å². The number of non-ortho nitro benzene ring substituents is 1. The maximum Gasteiger partial charge on any atom is 0.490 e. The Bertz CT molecular complexity index is 1400. The zero-order valence-corrected chi connectivity index (χ0v) is 31.6. The van der Waals surface area contributed by atoms with E-state index in [4.69, 9.17) is 13.8 Å². The lowest BCUT2D eigenvalue weighted by Crippen LogP contribution is -2.51. The number of unbranched alkanes of at least 4 members (excludes halogenated alkanes) is 7. The molecule has 1 amide bonds. The number of nitrogens with one attached hydrogen (secondary N) is 2. The first kappa shape index (κ1) is 43.4. The van der Waals surface area contributed by atoms with Crippen molar-refractivity contribution in [3.05, 3.63) is 34.4 Å². The van der Waals surface area contributed by atoms with E-state index in [1.165, 1.54) is 6.07 Å². The number of esters is 1.